The molecule has 18 heavy (non-hydrogen) atoms. The molecular formula is C13H21N3O2. The molecule has 0 aliphatic carbocycles. The number of aromatic nitrogens is 2. The minimum absolute atomic E-state index is 0.0303. The molecule has 0 radical (unpaired) electrons. The Labute approximate surface area is 108 Å². The fourth-order valence-corrected chi connectivity index (χ4v) is 1.83. The van der Waals surface area contributed by atoms with E-state index in [9.17, 15) is 4.79 Å². The van der Waals surface area contributed by atoms with Crippen molar-refractivity contribution in [1.82, 2.24) is 9.97 Å². The average Bonchev–Trinajstić information content (AvgIpc) is 2.34. The Morgan fingerprint density at radius 3 is 2.56 bits per heavy atom. The van der Waals surface area contributed by atoms with Gasteiger partial charge in [0.2, 0.25) is 0 Å². The number of hydrogen-bond acceptors (Lipinski definition) is 4. The summed E-state index contributed by atoms with van der Waals surface area (Å²) in [6, 6.07) is 0.205. The van der Waals surface area contributed by atoms with Crippen LogP contribution >= 0.6 is 0 Å². The Morgan fingerprint density at radius 2 is 2.00 bits per heavy atom. The van der Waals surface area contributed by atoms with E-state index in [0.717, 1.165) is 25.8 Å². The lowest BCUT2D eigenvalue weighted by atomic mass is 10.2. The highest BCUT2D eigenvalue weighted by atomic mass is 16.4. The standard InChI is InChI=1S/C13H21N3O2/c1-4-5-6-9-16(10(2)3)12-11(13(17)18)14-7-8-15-12/h7-8,10H,4-6,9H2,1-3H3,(H,17,18). The fraction of sp³-hybridized carbons (Fsp3) is 0.615. The molecule has 5 nitrogen and oxygen atoms in total. The molecule has 0 aliphatic rings. The molecule has 0 unspecified atom stereocenters. The molecule has 0 saturated heterocycles. The molecule has 0 fully saturated rings. The van der Waals surface area contributed by atoms with E-state index < -0.39 is 5.97 Å². The summed E-state index contributed by atoms with van der Waals surface area (Å²) < 4.78 is 0. The second-order valence-electron chi connectivity index (χ2n) is 4.53. The number of carbonyl (C=O) groups is 1. The average molecular weight is 251 g/mol. The molecule has 0 aliphatic heterocycles. The number of aromatic carboxylic acids is 1. The van der Waals surface area contributed by atoms with Crippen LogP contribution < -0.4 is 4.90 Å². The van der Waals surface area contributed by atoms with E-state index in [4.69, 9.17) is 5.11 Å². The van der Waals surface area contributed by atoms with E-state index >= 15 is 0 Å². The van der Waals surface area contributed by atoms with Gasteiger partial charge < -0.3 is 10.0 Å². The SMILES string of the molecule is CCCCCN(c1nccnc1C(=O)O)C(C)C. The van der Waals surface area contributed by atoms with Crippen LogP contribution in [-0.4, -0.2) is 33.6 Å². The molecule has 0 amide bonds. The molecule has 1 aromatic heterocycles. The van der Waals surface area contributed by atoms with E-state index in [-0.39, 0.29) is 11.7 Å². The molecule has 5 heteroatoms. The van der Waals surface area contributed by atoms with Crippen LogP contribution in [0.5, 0.6) is 0 Å². The summed E-state index contributed by atoms with van der Waals surface area (Å²) >= 11 is 0. The van der Waals surface area contributed by atoms with Gasteiger partial charge in [-0.15, -0.1) is 0 Å². The number of unbranched alkanes of at least 4 members (excludes halogenated alkanes) is 2. The Bertz CT molecular complexity index is 394. The van der Waals surface area contributed by atoms with Crippen LogP contribution in [0.3, 0.4) is 0 Å². The third kappa shape index (κ3) is 3.68. The number of hydrogen-bond donors (Lipinski definition) is 1. The molecule has 0 saturated carbocycles. The molecular weight excluding hydrogens is 230 g/mol. The van der Waals surface area contributed by atoms with Crippen molar-refractivity contribution in [1.29, 1.82) is 0 Å². The first-order valence-corrected chi connectivity index (χ1v) is 6.38. The largest absolute Gasteiger partial charge is 0.476 e. The molecule has 0 atom stereocenters. The van der Waals surface area contributed by atoms with Crippen LogP contribution in [0.15, 0.2) is 12.4 Å². The summed E-state index contributed by atoms with van der Waals surface area (Å²) in [6.07, 6.45) is 6.25. The van der Waals surface area contributed by atoms with Crippen LogP contribution in [0, 0.1) is 0 Å². The third-order valence-corrected chi connectivity index (χ3v) is 2.78. The number of carboxylic acids is 1. The smallest absolute Gasteiger partial charge is 0.358 e. The Morgan fingerprint density at radius 1 is 1.33 bits per heavy atom. The summed E-state index contributed by atoms with van der Waals surface area (Å²) in [6.45, 7) is 7.02. The van der Waals surface area contributed by atoms with Crippen LogP contribution in [0.1, 0.15) is 50.5 Å². The van der Waals surface area contributed by atoms with E-state index in [1.807, 2.05) is 18.7 Å². The first-order chi connectivity index (χ1) is 8.57. The summed E-state index contributed by atoms with van der Waals surface area (Å²) in [5.74, 6) is -0.560. The monoisotopic (exact) mass is 251 g/mol. The van der Waals surface area contributed by atoms with Gasteiger partial charge in [0, 0.05) is 25.0 Å². The molecule has 0 spiro atoms. The molecule has 1 aromatic rings. The van der Waals surface area contributed by atoms with Crippen molar-refractivity contribution in [3.63, 3.8) is 0 Å². The normalized spacial score (nSPS) is 10.7. The Hall–Kier alpha value is -1.65. The highest BCUT2D eigenvalue weighted by Crippen LogP contribution is 2.18. The van der Waals surface area contributed by atoms with E-state index in [0.29, 0.717) is 5.82 Å². The number of rotatable bonds is 7. The third-order valence-electron chi connectivity index (χ3n) is 2.78. The summed E-state index contributed by atoms with van der Waals surface area (Å²) in [4.78, 5) is 21.2. The van der Waals surface area contributed by atoms with Gasteiger partial charge in [-0.25, -0.2) is 14.8 Å². The highest BCUT2D eigenvalue weighted by Gasteiger charge is 2.20. The van der Waals surface area contributed by atoms with Gasteiger partial charge in [-0.1, -0.05) is 19.8 Å². The lowest BCUT2D eigenvalue weighted by molar-refractivity contribution is 0.0690. The quantitative estimate of drug-likeness (QED) is 0.754. The van der Waals surface area contributed by atoms with Crippen LogP contribution in [-0.2, 0) is 0 Å². The van der Waals surface area contributed by atoms with Crippen molar-refractivity contribution in [2.24, 2.45) is 0 Å². The number of carboxylic acid groups (broad SMARTS) is 1. The maximum Gasteiger partial charge on any atom is 0.358 e. The van der Waals surface area contributed by atoms with Gasteiger partial charge in [0.25, 0.3) is 0 Å². The molecule has 0 aromatic carbocycles. The van der Waals surface area contributed by atoms with Gasteiger partial charge >= 0.3 is 5.97 Å². The Kier molecular flexibility index (Phi) is 5.55. The number of anilines is 1. The predicted molar refractivity (Wildman–Crippen MR) is 71.0 cm³/mol. The lowest BCUT2D eigenvalue weighted by Gasteiger charge is -2.28. The van der Waals surface area contributed by atoms with Gasteiger partial charge in [0.1, 0.15) is 0 Å². The Balaban J connectivity index is 2.94. The minimum atomic E-state index is -1.03. The van der Waals surface area contributed by atoms with Gasteiger partial charge in [0.05, 0.1) is 0 Å². The van der Waals surface area contributed by atoms with Crippen LogP contribution in [0.4, 0.5) is 5.82 Å². The fourth-order valence-electron chi connectivity index (χ4n) is 1.83. The van der Waals surface area contributed by atoms with Crippen molar-refractivity contribution in [3.05, 3.63) is 18.1 Å². The first kappa shape index (κ1) is 14.4. The zero-order chi connectivity index (χ0) is 13.5. The first-order valence-electron chi connectivity index (χ1n) is 6.38. The second-order valence-corrected chi connectivity index (χ2v) is 4.53. The van der Waals surface area contributed by atoms with Crippen LogP contribution in [0.2, 0.25) is 0 Å². The van der Waals surface area contributed by atoms with Gasteiger partial charge in [-0.05, 0) is 20.3 Å². The van der Waals surface area contributed by atoms with Gasteiger partial charge in [0.15, 0.2) is 11.5 Å². The van der Waals surface area contributed by atoms with E-state index in [1.165, 1.54) is 12.4 Å². The summed E-state index contributed by atoms with van der Waals surface area (Å²) in [5.41, 5.74) is 0.0303. The summed E-state index contributed by atoms with van der Waals surface area (Å²) in [5, 5.41) is 9.14. The van der Waals surface area contributed by atoms with Crippen molar-refractivity contribution >= 4 is 11.8 Å². The maximum atomic E-state index is 11.1. The van der Waals surface area contributed by atoms with Crippen molar-refractivity contribution in [3.8, 4) is 0 Å². The van der Waals surface area contributed by atoms with Gasteiger partial charge in [-0.2, -0.15) is 0 Å². The predicted octanol–water partition coefficient (Wildman–Crippen LogP) is 2.58. The van der Waals surface area contributed by atoms with Crippen LogP contribution in [0.25, 0.3) is 0 Å². The van der Waals surface area contributed by atoms with Crippen molar-refractivity contribution < 1.29 is 9.90 Å². The van der Waals surface area contributed by atoms with Crippen molar-refractivity contribution in [2.45, 2.75) is 46.1 Å². The molecule has 0 bridgehead atoms. The molecule has 1 rings (SSSR count). The number of nitrogens with zero attached hydrogens (tertiary/aromatic N) is 3. The van der Waals surface area contributed by atoms with E-state index in [2.05, 4.69) is 16.9 Å². The minimum Gasteiger partial charge on any atom is -0.476 e. The lowest BCUT2D eigenvalue weighted by Crippen LogP contribution is -2.34. The zero-order valence-corrected chi connectivity index (χ0v) is 11.3. The summed E-state index contributed by atoms with van der Waals surface area (Å²) in [7, 11) is 0. The highest BCUT2D eigenvalue weighted by molar-refractivity contribution is 5.90. The topological polar surface area (TPSA) is 66.3 Å². The maximum absolute atomic E-state index is 11.1. The van der Waals surface area contributed by atoms with E-state index in [1.54, 1.807) is 0 Å². The molecule has 100 valence electrons. The second kappa shape index (κ2) is 6.93. The molecule has 1 N–H and O–H groups in total. The molecule has 1 heterocycles. The van der Waals surface area contributed by atoms with Gasteiger partial charge in [-0.3, -0.25) is 0 Å². The zero-order valence-electron chi connectivity index (χ0n) is 11.3. The van der Waals surface area contributed by atoms with Crippen molar-refractivity contribution in [2.75, 3.05) is 11.4 Å².